The number of rotatable bonds is 2. The van der Waals surface area contributed by atoms with Crippen LogP contribution in [-0.2, 0) is 0 Å². The van der Waals surface area contributed by atoms with E-state index in [1.54, 1.807) is 0 Å². The lowest BCUT2D eigenvalue weighted by atomic mass is 9.44. The molecule has 0 amide bonds. The second-order valence-corrected chi connectivity index (χ2v) is 9.02. The number of aromatic nitrogens is 4. The molecule has 4 fully saturated rings. The second-order valence-electron chi connectivity index (χ2n) is 9.02. The van der Waals surface area contributed by atoms with Crippen molar-refractivity contribution < 1.29 is 0 Å². The minimum absolute atomic E-state index is 0.453. The van der Waals surface area contributed by atoms with Gasteiger partial charge < -0.3 is 0 Å². The summed E-state index contributed by atoms with van der Waals surface area (Å²) in [6.07, 6.45) is 8.51. The van der Waals surface area contributed by atoms with Gasteiger partial charge in [-0.2, -0.15) is 0 Å². The normalized spacial score (nSPS) is 43.1. The molecule has 1 aromatic rings. The van der Waals surface area contributed by atoms with E-state index in [1.807, 2.05) is 0 Å². The van der Waals surface area contributed by atoms with E-state index in [-0.39, 0.29) is 0 Å². The zero-order chi connectivity index (χ0) is 14.0. The second kappa shape index (κ2) is 4.05. The lowest BCUT2D eigenvalue weighted by Crippen LogP contribution is -2.51. The molecule has 2 unspecified atom stereocenters. The summed E-state index contributed by atoms with van der Waals surface area (Å²) in [6.45, 7) is 7.22. The van der Waals surface area contributed by atoms with Crippen LogP contribution in [0.3, 0.4) is 0 Å². The van der Waals surface area contributed by atoms with Crippen LogP contribution >= 0.6 is 0 Å². The van der Waals surface area contributed by atoms with Crippen molar-refractivity contribution in [3.63, 3.8) is 0 Å². The molecule has 5 rings (SSSR count). The number of hydrogen-bond donors (Lipinski definition) is 1. The van der Waals surface area contributed by atoms with Crippen LogP contribution in [0.25, 0.3) is 0 Å². The van der Waals surface area contributed by atoms with Gasteiger partial charge in [0.25, 0.3) is 0 Å². The lowest BCUT2D eigenvalue weighted by Gasteiger charge is -2.61. The van der Waals surface area contributed by atoms with E-state index in [2.05, 4.69) is 41.4 Å². The molecule has 0 aromatic carbocycles. The van der Waals surface area contributed by atoms with Crippen LogP contribution in [0.1, 0.15) is 71.0 Å². The van der Waals surface area contributed by atoms with Crippen molar-refractivity contribution in [1.29, 1.82) is 0 Å². The molecule has 4 heteroatoms. The van der Waals surface area contributed by atoms with Gasteiger partial charge in [0.15, 0.2) is 5.82 Å². The Balaban J connectivity index is 1.63. The summed E-state index contributed by atoms with van der Waals surface area (Å²) < 4.78 is 0. The maximum atomic E-state index is 4.24. The first-order chi connectivity index (χ1) is 9.44. The molecule has 0 saturated heterocycles. The average Bonchev–Trinajstić information content (AvgIpc) is 2.77. The van der Waals surface area contributed by atoms with Crippen LogP contribution in [0.4, 0.5) is 0 Å². The number of tetrazole rings is 1. The minimum atomic E-state index is 0.453. The first-order valence-corrected chi connectivity index (χ1v) is 8.18. The molecule has 4 nitrogen and oxygen atoms in total. The zero-order valence-corrected chi connectivity index (χ0v) is 12.9. The number of H-pyrrole nitrogens is 1. The quantitative estimate of drug-likeness (QED) is 0.897. The highest BCUT2D eigenvalue weighted by Crippen LogP contribution is 2.66. The highest BCUT2D eigenvalue weighted by atomic mass is 15.5. The van der Waals surface area contributed by atoms with Gasteiger partial charge in [0.05, 0.1) is 0 Å². The van der Waals surface area contributed by atoms with Crippen molar-refractivity contribution in [2.45, 2.75) is 65.2 Å². The fourth-order valence-corrected chi connectivity index (χ4v) is 6.29. The molecular formula is C16H26N4. The molecule has 20 heavy (non-hydrogen) atoms. The maximum Gasteiger partial charge on any atom is 0.152 e. The molecule has 0 radical (unpaired) electrons. The molecule has 4 aliphatic carbocycles. The van der Waals surface area contributed by atoms with Gasteiger partial charge in [-0.1, -0.05) is 20.8 Å². The van der Waals surface area contributed by atoms with Crippen molar-refractivity contribution >= 4 is 0 Å². The van der Waals surface area contributed by atoms with Gasteiger partial charge in [0.1, 0.15) is 0 Å². The van der Waals surface area contributed by atoms with Crippen LogP contribution in [0.5, 0.6) is 0 Å². The monoisotopic (exact) mass is 274 g/mol. The number of hydrogen-bond acceptors (Lipinski definition) is 3. The smallest absolute Gasteiger partial charge is 0.152 e. The summed E-state index contributed by atoms with van der Waals surface area (Å²) >= 11 is 0. The highest BCUT2D eigenvalue weighted by Gasteiger charge is 2.56. The molecule has 1 heterocycles. The summed E-state index contributed by atoms with van der Waals surface area (Å²) in [4.78, 5) is 0. The molecule has 4 saturated carbocycles. The third kappa shape index (κ3) is 1.99. The summed E-state index contributed by atoms with van der Waals surface area (Å²) in [6, 6.07) is 0. The highest BCUT2D eigenvalue weighted by molar-refractivity contribution is 5.13. The average molecular weight is 274 g/mol. The molecule has 2 atom stereocenters. The Hall–Kier alpha value is -0.930. The Morgan fingerprint density at radius 3 is 2.40 bits per heavy atom. The molecule has 1 N–H and O–H groups in total. The van der Waals surface area contributed by atoms with Crippen molar-refractivity contribution in [3.05, 3.63) is 5.82 Å². The van der Waals surface area contributed by atoms with Crippen molar-refractivity contribution in [3.8, 4) is 0 Å². The fraction of sp³-hybridized carbons (Fsp3) is 0.938. The van der Waals surface area contributed by atoms with E-state index in [9.17, 15) is 0 Å². The molecule has 0 spiro atoms. The van der Waals surface area contributed by atoms with Gasteiger partial charge in [-0.15, -0.1) is 5.10 Å². The standard InChI is InChI=1S/C16H26N4/c1-15(2,3)9-16-6-10-4-11(7-16)13(12(5-10)8-16)14-17-19-20-18-14/h10-13H,4-9H2,1-3H3,(H,17,18,19,20). The van der Waals surface area contributed by atoms with E-state index in [0.717, 1.165) is 23.6 Å². The van der Waals surface area contributed by atoms with Crippen molar-refractivity contribution in [2.75, 3.05) is 0 Å². The molecule has 0 aliphatic heterocycles. The van der Waals surface area contributed by atoms with Crippen LogP contribution in [0.2, 0.25) is 0 Å². The third-order valence-electron chi connectivity index (χ3n) is 5.98. The molecular weight excluding hydrogens is 248 g/mol. The fourth-order valence-electron chi connectivity index (χ4n) is 6.29. The van der Waals surface area contributed by atoms with E-state index in [4.69, 9.17) is 0 Å². The minimum Gasteiger partial charge on any atom is -0.243 e. The Bertz CT molecular complexity index is 471. The summed E-state index contributed by atoms with van der Waals surface area (Å²) in [5, 5.41) is 14.9. The summed E-state index contributed by atoms with van der Waals surface area (Å²) in [5.74, 6) is 4.28. The Morgan fingerprint density at radius 1 is 1.15 bits per heavy atom. The number of aromatic amines is 1. The Kier molecular flexibility index (Phi) is 2.59. The van der Waals surface area contributed by atoms with Gasteiger partial charge in [0.2, 0.25) is 0 Å². The van der Waals surface area contributed by atoms with Gasteiger partial charge in [-0.3, -0.25) is 0 Å². The van der Waals surface area contributed by atoms with Crippen molar-refractivity contribution in [1.82, 2.24) is 20.6 Å². The SMILES string of the molecule is CC(C)(C)CC12CC3CC(C1)C(c1nnn[nH]1)C(C3)C2. The van der Waals surface area contributed by atoms with Crippen molar-refractivity contribution in [2.24, 2.45) is 28.6 Å². The predicted octanol–water partition coefficient (Wildman–Crippen LogP) is 3.55. The summed E-state index contributed by atoms with van der Waals surface area (Å²) in [7, 11) is 0. The van der Waals surface area contributed by atoms with Crippen LogP contribution < -0.4 is 0 Å². The Morgan fingerprint density at radius 2 is 1.85 bits per heavy atom. The van der Waals surface area contributed by atoms with E-state index in [1.165, 1.54) is 38.5 Å². The topological polar surface area (TPSA) is 54.5 Å². The predicted molar refractivity (Wildman–Crippen MR) is 77.0 cm³/mol. The van der Waals surface area contributed by atoms with Gasteiger partial charge in [-0.05, 0) is 77.5 Å². The van der Waals surface area contributed by atoms with Gasteiger partial charge in [-0.25, -0.2) is 5.10 Å². The lowest BCUT2D eigenvalue weighted by molar-refractivity contribution is -0.0887. The largest absolute Gasteiger partial charge is 0.243 e. The van der Waals surface area contributed by atoms with Crippen LogP contribution in [0.15, 0.2) is 0 Å². The molecule has 110 valence electrons. The maximum absolute atomic E-state index is 4.24. The van der Waals surface area contributed by atoms with E-state index >= 15 is 0 Å². The first kappa shape index (κ1) is 12.8. The van der Waals surface area contributed by atoms with Gasteiger partial charge in [0, 0.05) is 5.92 Å². The van der Waals surface area contributed by atoms with E-state index < -0.39 is 0 Å². The summed E-state index contributed by atoms with van der Waals surface area (Å²) in [5.41, 5.74) is 1.08. The van der Waals surface area contributed by atoms with Crippen LogP contribution in [0, 0.1) is 28.6 Å². The first-order valence-electron chi connectivity index (χ1n) is 8.18. The molecule has 4 bridgehead atoms. The van der Waals surface area contributed by atoms with Crippen LogP contribution in [-0.4, -0.2) is 20.6 Å². The third-order valence-corrected chi connectivity index (χ3v) is 5.98. The van der Waals surface area contributed by atoms with E-state index in [0.29, 0.717) is 16.7 Å². The molecule has 1 aromatic heterocycles. The van der Waals surface area contributed by atoms with Gasteiger partial charge >= 0.3 is 0 Å². The number of nitrogens with zero attached hydrogens (tertiary/aromatic N) is 3. The number of nitrogens with one attached hydrogen (secondary N) is 1. The zero-order valence-electron chi connectivity index (χ0n) is 12.9. The molecule has 4 aliphatic rings. The Labute approximate surface area is 121 Å².